The fraction of sp³-hybridized carbons (Fsp3) is 0.286. The van der Waals surface area contributed by atoms with E-state index in [-0.39, 0.29) is 46.0 Å². The summed E-state index contributed by atoms with van der Waals surface area (Å²) in [5.74, 6) is -0.424. The summed E-state index contributed by atoms with van der Waals surface area (Å²) >= 11 is 0. The van der Waals surface area contributed by atoms with Crippen molar-refractivity contribution in [3.05, 3.63) is 40.2 Å². The lowest BCUT2D eigenvalue weighted by Crippen LogP contribution is -2.39. The molecule has 0 radical (unpaired) electrons. The molecule has 2 aromatic carbocycles. The number of aromatic hydroxyl groups is 3. The molecule has 29 heavy (non-hydrogen) atoms. The van der Waals surface area contributed by atoms with Crippen molar-refractivity contribution in [2.24, 2.45) is 0 Å². The third-order valence-corrected chi connectivity index (χ3v) is 5.10. The van der Waals surface area contributed by atoms with Gasteiger partial charge in [0.1, 0.15) is 40.6 Å². The van der Waals surface area contributed by atoms with Crippen LogP contribution in [0.15, 0.2) is 33.7 Å². The largest absolute Gasteiger partial charge is 0.508 e. The molecule has 1 aromatic heterocycles. The van der Waals surface area contributed by atoms with Gasteiger partial charge in [-0.05, 0) is 19.9 Å². The van der Waals surface area contributed by atoms with Gasteiger partial charge in [-0.1, -0.05) is 0 Å². The van der Waals surface area contributed by atoms with Gasteiger partial charge in [0, 0.05) is 29.7 Å². The van der Waals surface area contributed by atoms with Crippen LogP contribution < -0.4 is 14.9 Å². The number of methoxy groups -OCH3 is 1. The highest BCUT2D eigenvalue weighted by molar-refractivity contribution is 5.89. The molecular formula is C21H20O8. The molecular weight excluding hydrogens is 380 g/mol. The average Bonchev–Trinajstić information content (AvgIpc) is 3.09. The van der Waals surface area contributed by atoms with Crippen LogP contribution in [0.3, 0.4) is 0 Å². The zero-order valence-electron chi connectivity index (χ0n) is 16.0. The zero-order chi connectivity index (χ0) is 21.1. The van der Waals surface area contributed by atoms with Gasteiger partial charge in [0.25, 0.3) is 0 Å². The number of fused-ring (bicyclic) bond motifs is 2. The quantitative estimate of drug-likeness (QED) is 0.528. The van der Waals surface area contributed by atoms with Gasteiger partial charge in [-0.15, -0.1) is 0 Å². The first-order valence-electron chi connectivity index (χ1n) is 8.91. The molecule has 0 unspecified atom stereocenters. The highest BCUT2D eigenvalue weighted by atomic mass is 16.5. The van der Waals surface area contributed by atoms with E-state index in [1.165, 1.54) is 25.5 Å². The Kier molecular flexibility index (Phi) is 4.13. The molecule has 0 bridgehead atoms. The summed E-state index contributed by atoms with van der Waals surface area (Å²) in [5, 5.41) is 40.5. The second-order valence-corrected chi connectivity index (χ2v) is 7.56. The number of hydrogen-bond acceptors (Lipinski definition) is 8. The lowest BCUT2D eigenvalue weighted by molar-refractivity contribution is -0.0227. The van der Waals surface area contributed by atoms with E-state index in [2.05, 4.69) is 0 Å². The number of ether oxygens (including phenoxy) is 2. The summed E-state index contributed by atoms with van der Waals surface area (Å²) in [6.07, 6.45) is 0.760. The third kappa shape index (κ3) is 2.92. The molecule has 0 aliphatic carbocycles. The maximum Gasteiger partial charge on any atom is 0.204 e. The van der Waals surface area contributed by atoms with Gasteiger partial charge in [0.15, 0.2) is 11.5 Å². The van der Waals surface area contributed by atoms with Crippen molar-refractivity contribution in [3.63, 3.8) is 0 Å². The molecule has 0 saturated carbocycles. The van der Waals surface area contributed by atoms with Gasteiger partial charge < -0.3 is 34.3 Å². The molecule has 0 saturated heterocycles. The first-order valence-corrected chi connectivity index (χ1v) is 8.91. The lowest BCUT2D eigenvalue weighted by Gasteiger charge is -2.24. The summed E-state index contributed by atoms with van der Waals surface area (Å²) < 4.78 is 16.6. The predicted octanol–water partition coefficient (Wildman–Crippen LogP) is 2.66. The van der Waals surface area contributed by atoms with Crippen molar-refractivity contribution in [2.45, 2.75) is 32.0 Å². The van der Waals surface area contributed by atoms with Crippen LogP contribution in [0.1, 0.15) is 19.4 Å². The Balaban J connectivity index is 1.99. The van der Waals surface area contributed by atoms with Crippen LogP contribution in [-0.2, 0) is 6.42 Å². The van der Waals surface area contributed by atoms with E-state index in [1.54, 1.807) is 13.8 Å². The number of phenols is 3. The Bertz CT molecular complexity index is 1190. The molecule has 1 aliphatic rings. The van der Waals surface area contributed by atoms with Gasteiger partial charge in [-0.3, -0.25) is 4.79 Å². The summed E-state index contributed by atoms with van der Waals surface area (Å²) in [4.78, 5) is 13.1. The topological polar surface area (TPSA) is 130 Å². The Morgan fingerprint density at radius 3 is 2.52 bits per heavy atom. The van der Waals surface area contributed by atoms with Gasteiger partial charge in [-0.25, -0.2) is 0 Å². The Labute approximate surface area is 165 Å². The van der Waals surface area contributed by atoms with E-state index in [9.17, 15) is 25.2 Å². The standard InChI is InChI=1S/C21H20O8/c1-21(2,26)16-7-11-18(24)15(27-3)6-10(20(11)29-16)12-8-28-14-5-9(22)4-13(23)17(14)19(12)25/h4-6,8,16,22-24,26H,7H2,1-3H3/t16-/m0/s1. The molecule has 4 rings (SSSR count). The summed E-state index contributed by atoms with van der Waals surface area (Å²) in [6.45, 7) is 3.18. The van der Waals surface area contributed by atoms with Crippen molar-refractivity contribution in [2.75, 3.05) is 7.11 Å². The van der Waals surface area contributed by atoms with E-state index in [0.29, 0.717) is 11.1 Å². The lowest BCUT2D eigenvalue weighted by atomic mass is 9.95. The number of phenolic OH excluding ortho intramolecular Hbond substituents is 3. The number of rotatable bonds is 3. The number of hydrogen-bond donors (Lipinski definition) is 4. The van der Waals surface area contributed by atoms with E-state index in [1.807, 2.05) is 0 Å². The van der Waals surface area contributed by atoms with E-state index < -0.39 is 22.9 Å². The van der Waals surface area contributed by atoms with Crippen molar-refractivity contribution in [3.8, 4) is 39.9 Å². The maximum absolute atomic E-state index is 13.1. The average molecular weight is 400 g/mol. The zero-order valence-corrected chi connectivity index (χ0v) is 16.0. The molecule has 3 aromatic rings. The van der Waals surface area contributed by atoms with Gasteiger partial charge in [0.2, 0.25) is 5.43 Å². The second-order valence-electron chi connectivity index (χ2n) is 7.56. The van der Waals surface area contributed by atoms with Crippen LogP contribution in [-0.4, -0.2) is 39.2 Å². The summed E-state index contributed by atoms with van der Waals surface area (Å²) in [5.41, 5.74) is -0.947. The van der Waals surface area contributed by atoms with E-state index in [0.717, 1.165) is 6.07 Å². The highest BCUT2D eigenvalue weighted by Crippen LogP contribution is 2.49. The molecule has 1 atom stereocenters. The Hall–Kier alpha value is -3.39. The predicted molar refractivity (Wildman–Crippen MR) is 104 cm³/mol. The first-order chi connectivity index (χ1) is 13.6. The van der Waals surface area contributed by atoms with Gasteiger partial charge >= 0.3 is 0 Å². The normalized spacial score (nSPS) is 15.9. The fourth-order valence-electron chi connectivity index (χ4n) is 3.53. The van der Waals surface area contributed by atoms with Gasteiger partial charge in [0.05, 0.1) is 18.3 Å². The molecule has 8 nitrogen and oxygen atoms in total. The fourth-order valence-corrected chi connectivity index (χ4v) is 3.53. The van der Waals surface area contributed by atoms with E-state index in [4.69, 9.17) is 13.9 Å². The molecule has 1 aliphatic heterocycles. The van der Waals surface area contributed by atoms with Crippen molar-refractivity contribution in [1.29, 1.82) is 0 Å². The monoisotopic (exact) mass is 400 g/mol. The van der Waals surface area contributed by atoms with Crippen LogP contribution in [0.2, 0.25) is 0 Å². The third-order valence-electron chi connectivity index (χ3n) is 5.10. The van der Waals surface area contributed by atoms with Crippen LogP contribution in [0.4, 0.5) is 0 Å². The van der Waals surface area contributed by atoms with Crippen LogP contribution in [0, 0.1) is 0 Å². The van der Waals surface area contributed by atoms with E-state index >= 15 is 0 Å². The minimum atomic E-state index is -1.19. The number of aliphatic hydroxyl groups is 1. The minimum Gasteiger partial charge on any atom is -0.508 e. The summed E-state index contributed by atoms with van der Waals surface area (Å²) in [6, 6.07) is 3.71. The second kappa shape index (κ2) is 6.31. The van der Waals surface area contributed by atoms with Crippen LogP contribution in [0.25, 0.3) is 22.1 Å². The SMILES string of the molecule is COc1cc(-c2coc3cc(O)cc(O)c3c2=O)c2c(c1O)C[C@@H](C(C)(C)O)O2. The molecule has 0 amide bonds. The Morgan fingerprint density at radius 2 is 1.86 bits per heavy atom. The summed E-state index contributed by atoms with van der Waals surface area (Å²) in [7, 11) is 1.38. The molecule has 8 heteroatoms. The Morgan fingerprint density at radius 1 is 1.14 bits per heavy atom. The van der Waals surface area contributed by atoms with Crippen LogP contribution in [0.5, 0.6) is 28.7 Å². The van der Waals surface area contributed by atoms with Crippen LogP contribution >= 0.6 is 0 Å². The number of benzene rings is 2. The first kappa shape index (κ1) is 18.9. The maximum atomic E-state index is 13.1. The molecule has 0 fully saturated rings. The molecule has 2 heterocycles. The highest BCUT2D eigenvalue weighted by Gasteiger charge is 2.39. The molecule has 0 spiro atoms. The smallest absolute Gasteiger partial charge is 0.204 e. The van der Waals surface area contributed by atoms with Gasteiger partial charge in [-0.2, -0.15) is 0 Å². The van der Waals surface area contributed by atoms with Crippen molar-refractivity contribution < 1.29 is 34.3 Å². The molecule has 4 N–H and O–H groups in total. The van der Waals surface area contributed by atoms with Crippen molar-refractivity contribution >= 4 is 11.0 Å². The van der Waals surface area contributed by atoms with Crippen molar-refractivity contribution in [1.82, 2.24) is 0 Å². The molecule has 152 valence electrons. The minimum absolute atomic E-state index is 0.0222.